The minimum absolute atomic E-state index is 0.0764. The van der Waals surface area contributed by atoms with Gasteiger partial charge < -0.3 is 11.1 Å². The van der Waals surface area contributed by atoms with E-state index in [-0.39, 0.29) is 5.54 Å². The minimum atomic E-state index is -0.0764. The van der Waals surface area contributed by atoms with E-state index in [1.54, 1.807) is 0 Å². The lowest BCUT2D eigenvalue weighted by molar-refractivity contribution is 0.313. The summed E-state index contributed by atoms with van der Waals surface area (Å²) in [6.07, 6.45) is 4.15. The van der Waals surface area contributed by atoms with E-state index in [4.69, 9.17) is 5.73 Å². The Bertz CT molecular complexity index is 193. The molecule has 0 amide bonds. The fourth-order valence-corrected chi connectivity index (χ4v) is 2.13. The van der Waals surface area contributed by atoms with E-state index < -0.39 is 0 Å². The predicted molar refractivity (Wildman–Crippen MR) is 59.3 cm³/mol. The van der Waals surface area contributed by atoms with Crippen molar-refractivity contribution in [2.75, 3.05) is 19.6 Å². The predicted octanol–water partition coefficient (Wildman–Crippen LogP) is 0.550. The molecule has 0 aromatic rings. The van der Waals surface area contributed by atoms with Crippen LogP contribution in [0.4, 0.5) is 0 Å². The van der Waals surface area contributed by atoms with E-state index in [0.29, 0.717) is 6.04 Å². The van der Waals surface area contributed by atoms with Crippen LogP contribution in [0.15, 0.2) is 0 Å². The summed E-state index contributed by atoms with van der Waals surface area (Å²) in [7, 11) is 0. The molecule has 82 valence electrons. The van der Waals surface area contributed by atoms with Crippen molar-refractivity contribution in [3.05, 3.63) is 0 Å². The van der Waals surface area contributed by atoms with E-state index in [9.17, 15) is 0 Å². The first-order valence-electron chi connectivity index (χ1n) is 5.81. The third kappa shape index (κ3) is 2.94. The molecule has 2 fully saturated rings. The number of nitrogens with one attached hydrogen (secondary N) is 1. The smallest absolute Gasteiger partial charge is 0.0223 e. The minimum Gasteiger partial charge on any atom is -0.324 e. The number of nitrogens with zero attached hydrogens (tertiary/aromatic N) is 1. The molecular formula is C11H23N3. The van der Waals surface area contributed by atoms with Gasteiger partial charge in [0.15, 0.2) is 0 Å². The molecule has 3 N–H and O–H groups in total. The van der Waals surface area contributed by atoms with Crippen molar-refractivity contribution in [3.8, 4) is 0 Å². The van der Waals surface area contributed by atoms with Crippen molar-refractivity contribution in [2.24, 2.45) is 5.73 Å². The van der Waals surface area contributed by atoms with Crippen molar-refractivity contribution in [2.45, 2.75) is 50.7 Å². The quantitative estimate of drug-likeness (QED) is 0.691. The van der Waals surface area contributed by atoms with Gasteiger partial charge in [-0.2, -0.15) is 0 Å². The first-order chi connectivity index (χ1) is 6.54. The molecule has 0 bridgehead atoms. The normalized spacial score (nSPS) is 29.8. The first-order valence-corrected chi connectivity index (χ1v) is 5.81. The van der Waals surface area contributed by atoms with Crippen molar-refractivity contribution in [1.29, 1.82) is 0 Å². The van der Waals surface area contributed by atoms with E-state index in [2.05, 4.69) is 24.1 Å². The second-order valence-corrected chi connectivity index (χ2v) is 5.58. The summed E-state index contributed by atoms with van der Waals surface area (Å²) in [5.41, 5.74) is 5.87. The topological polar surface area (TPSA) is 41.3 Å². The van der Waals surface area contributed by atoms with E-state index >= 15 is 0 Å². The molecule has 0 aromatic carbocycles. The zero-order chi connectivity index (χ0) is 10.2. The number of rotatable bonds is 4. The molecule has 3 heteroatoms. The third-order valence-corrected chi connectivity index (χ3v) is 3.13. The van der Waals surface area contributed by atoms with Crippen LogP contribution in [-0.4, -0.2) is 42.2 Å². The average Bonchev–Trinajstić information content (AvgIpc) is 2.81. The van der Waals surface area contributed by atoms with Gasteiger partial charge in [-0.3, -0.25) is 4.90 Å². The maximum absolute atomic E-state index is 5.94. The van der Waals surface area contributed by atoms with E-state index in [1.165, 1.54) is 32.4 Å². The van der Waals surface area contributed by atoms with Gasteiger partial charge in [0.2, 0.25) is 0 Å². The number of likely N-dealkylation sites (tertiary alicyclic amines) is 1. The lowest BCUT2D eigenvalue weighted by atomic mass is 10.1. The largest absolute Gasteiger partial charge is 0.324 e. The van der Waals surface area contributed by atoms with Gasteiger partial charge in [-0.15, -0.1) is 0 Å². The van der Waals surface area contributed by atoms with Gasteiger partial charge in [0.05, 0.1) is 0 Å². The Labute approximate surface area is 87.0 Å². The molecule has 14 heavy (non-hydrogen) atoms. The summed E-state index contributed by atoms with van der Waals surface area (Å²) in [5.74, 6) is 0. The fraction of sp³-hybridized carbons (Fsp3) is 1.00. The third-order valence-electron chi connectivity index (χ3n) is 3.13. The van der Waals surface area contributed by atoms with Crippen LogP contribution in [0.2, 0.25) is 0 Å². The van der Waals surface area contributed by atoms with Crippen LogP contribution in [0.3, 0.4) is 0 Å². The highest BCUT2D eigenvalue weighted by Crippen LogP contribution is 2.29. The van der Waals surface area contributed by atoms with Crippen LogP contribution in [0, 0.1) is 0 Å². The van der Waals surface area contributed by atoms with Crippen LogP contribution in [0.5, 0.6) is 0 Å². The van der Waals surface area contributed by atoms with Crippen molar-refractivity contribution >= 4 is 0 Å². The molecule has 2 aliphatic rings. The Morgan fingerprint density at radius 1 is 1.36 bits per heavy atom. The van der Waals surface area contributed by atoms with Crippen LogP contribution in [-0.2, 0) is 0 Å². The molecule has 1 heterocycles. The maximum Gasteiger partial charge on any atom is 0.0223 e. The first kappa shape index (κ1) is 10.4. The molecule has 0 spiro atoms. The van der Waals surface area contributed by atoms with Gasteiger partial charge >= 0.3 is 0 Å². The Balaban J connectivity index is 1.68. The summed E-state index contributed by atoms with van der Waals surface area (Å²) >= 11 is 0. The lowest BCUT2D eigenvalue weighted by Gasteiger charge is -2.22. The summed E-state index contributed by atoms with van der Waals surface area (Å²) in [6.45, 7) is 7.60. The molecule has 1 atom stereocenters. The molecule has 3 nitrogen and oxygen atoms in total. The van der Waals surface area contributed by atoms with Crippen molar-refractivity contribution in [1.82, 2.24) is 10.2 Å². The van der Waals surface area contributed by atoms with Gasteiger partial charge in [-0.1, -0.05) is 0 Å². The van der Waals surface area contributed by atoms with Gasteiger partial charge in [0.25, 0.3) is 0 Å². The fourth-order valence-electron chi connectivity index (χ4n) is 2.13. The molecule has 2 rings (SSSR count). The van der Waals surface area contributed by atoms with E-state index in [0.717, 1.165) is 12.6 Å². The highest BCUT2D eigenvalue weighted by atomic mass is 15.2. The molecule has 0 radical (unpaired) electrons. The summed E-state index contributed by atoms with van der Waals surface area (Å²) in [4.78, 5) is 2.63. The summed E-state index contributed by atoms with van der Waals surface area (Å²) in [6, 6.07) is 1.60. The highest BCUT2D eigenvalue weighted by molar-refractivity contribution is 4.92. The molecule has 1 unspecified atom stereocenters. The summed E-state index contributed by atoms with van der Waals surface area (Å²) in [5, 5.41) is 3.57. The highest BCUT2D eigenvalue weighted by Gasteiger charge is 2.34. The molecule has 1 saturated carbocycles. The molecule has 0 aromatic heterocycles. The van der Waals surface area contributed by atoms with Gasteiger partial charge in [0, 0.05) is 37.3 Å². The van der Waals surface area contributed by atoms with Crippen molar-refractivity contribution < 1.29 is 0 Å². The van der Waals surface area contributed by atoms with Crippen LogP contribution in [0.25, 0.3) is 0 Å². The van der Waals surface area contributed by atoms with Crippen LogP contribution >= 0.6 is 0 Å². The number of nitrogens with two attached hydrogens (primary N) is 1. The Morgan fingerprint density at radius 3 is 2.64 bits per heavy atom. The van der Waals surface area contributed by atoms with Gasteiger partial charge in [-0.05, 0) is 33.1 Å². The van der Waals surface area contributed by atoms with E-state index in [1.807, 2.05) is 0 Å². The zero-order valence-electron chi connectivity index (χ0n) is 9.42. The number of hydrogen-bond donors (Lipinski definition) is 2. The van der Waals surface area contributed by atoms with Gasteiger partial charge in [0.1, 0.15) is 0 Å². The monoisotopic (exact) mass is 197 g/mol. The Hall–Kier alpha value is -0.120. The lowest BCUT2D eigenvalue weighted by Crippen LogP contribution is -2.47. The van der Waals surface area contributed by atoms with Crippen LogP contribution in [0.1, 0.15) is 33.1 Å². The standard InChI is InChI=1S/C11H23N3/c1-11(2,12)8-13-9-5-6-14(7-9)10-3-4-10/h9-10,13H,3-8,12H2,1-2H3. The maximum atomic E-state index is 5.94. The SMILES string of the molecule is CC(C)(N)CNC1CCN(C2CC2)C1. The van der Waals surface area contributed by atoms with Gasteiger partial charge in [-0.25, -0.2) is 0 Å². The molecule has 1 aliphatic carbocycles. The van der Waals surface area contributed by atoms with Crippen molar-refractivity contribution in [3.63, 3.8) is 0 Å². The summed E-state index contributed by atoms with van der Waals surface area (Å²) < 4.78 is 0. The second-order valence-electron chi connectivity index (χ2n) is 5.58. The molecular weight excluding hydrogens is 174 g/mol. The molecule has 1 saturated heterocycles. The Morgan fingerprint density at radius 2 is 2.07 bits per heavy atom. The molecule has 1 aliphatic heterocycles. The average molecular weight is 197 g/mol. The zero-order valence-corrected chi connectivity index (χ0v) is 9.42. The Kier molecular flexibility index (Phi) is 2.82. The number of hydrogen-bond acceptors (Lipinski definition) is 3. The second kappa shape index (κ2) is 3.80. The van der Waals surface area contributed by atoms with Crippen LogP contribution < -0.4 is 11.1 Å².